The molecule has 0 unspecified atom stereocenters. The van der Waals surface area contributed by atoms with E-state index in [0.29, 0.717) is 27.6 Å². The second-order valence-electron chi connectivity index (χ2n) is 24.7. The summed E-state index contributed by atoms with van der Waals surface area (Å²) in [6.07, 6.45) is -2.38. The third-order valence-electron chi connectivity index (χ3n) is 16.2. The quantitative estimate of drug-likeness (QED) is 0.0116. The Kier molecular flexibility index (Phi) is 34.4. The van der Waals surface area contributed by atoms with Gasteiger partial charge in [-0.25, -0.2) is 0 Å². The molecule has 0 saturated carbocycles. The number of carboxylic acids is 1. The number of aliphatic hydroxyl groups is 1. The number of rotatable bonds is 27. The van der Waals surface area contributed by atoms with Gasteiger partial charge in [-0.2, -0.15) is 0 Å². The molecular formula is C66H92N18O18S2. The van der Waals surface area contributed by atoms with Crippen molar-refractivity contribution in [3.8, 4) is 11.5 Å². The Morgan fingerprint density at radius 2 is 1.24 bits per heavy atom. The van der Waals surface area contributed by atoms with Gasteiger partial charge in [0.15, 0.2) is 5.96 Å². The van der Waals surface area contributed by atoms with Crippen molar-refractivity contribution in [1.29, 1.82) is 5.41 Å². The number of primary amides is 2. The second-order valence-corrected chi connectivity index (χ2v) is 27.2. The van der Waals surface area contributed by atoms with Gasteiger partial charge in [-0.1, -0.05) is 77.9 Å². The molecule has 25 N–H and O–H groups in total. The van der Waals surface area contributed by atoms with Crippen molar-refractivity contribution in [3.63, 3.8) is 0 Å². The summed E-state index contributed by atoms with van der Waals surface area (Å²) in [5.74, 6) is -16.3. The minimum absolute atomic E-state index is 0.0305. The van der Waals surface area contributed by atoms with Crippen LogP contribution in [0.4, 0.5) is 0 Å². The Bertz CT molecular complexity index is 3680. The number of nitrogens with zero attached hydrogens (tertiary/aromatic N) is 1. The van der Waals surface area contributed by atoms with Crippen molar-refractivity contribution in [2.24, 2.45) is 28.9 Å². The molecule has 9 atom stereocenters. The van der Waals surface area contributed by atoms with Crippen LogP contribution in [0.15, 0.2) is 79.0 Å². The van der Waals surface area contributed by atoms with Crippen LogP contribution in [-0.4, -0.2) is 224 Å². The molecule has 0 spiro atoms. The maximum absolute atomic E-state index is 15.0. The van der Waals surface area contributed by atoms with E-state index in [1.54, 1.807) is 30.5 Å². The Hall–Kier alpha value is -10.7. The van der Waals surface area contributed by atoms with E-state index >= 15 is 0 Å². The van der Waals surface area contributed by atoms with Crippen molar-refractivity contribution in [2.75, 3.05) is 50.8 Å². The molecule has 3 aromatic carbocycles. The fourth-order valence-electron chi connectivity index (χ4n) is 10.6. The fraction of sp³-hybridized carbons (Fsp3) is 0.470. The van der Waals surface area contributed by atoms with Gasteiger partial charge >= 0.3 is 5.97 Å². The Balaban J connectivity index is 1.61. The van der Waals surface area contributed by atoms with Gasteiger partial charge in [0.1, 0.15) is 65.9 Å². The fourth-order valence-corrected chi connectivity index (χ4v) is 12.9. The molecule has 1 aliphatic heterocycles. The van der Waals surface area contributed by atoms with Gasteiger partial charge in [0, 0.05) is 99.7 Å². The van der Waals surface area contributed by atoms with Crippen LogP contribution in [0.3, 0.4) is 0 Å². The van der Waals surface area contributed by atoms with Crippen LogP contribution in [0.25, 0.3) is 10.9 Å². The number of aromatic hydroxyl groups is 2. The molecule has 0 bridgehead atoms. The van der Waals surface area contributed by atoms with E-state index in [1.807, 2.05) is 0 Å². The zero-order valence-electron chi connectivity index (χ0n) is 57.3. The lowest BCUT2D eigenvalue weighted by Crippen LogP contribution is -2.61. The second kappa shape index (κ2) is 42.6. The number of benzene rings is 3. The number of para-hydroxylation sites is 1. The van der Waals surface area contributed by atoms with Crippen molar-refractivity contribution in [3.05, 3.63) is 95.7 Å². The summed E-state index contributed by atoms with van der Waals surface area (Å²) < 4.78 is 0. The molecule has 1 fully saturated rings. The number of hydrogen-bond donors (Lipinski definition) is 21. The Labute approximate surface area is 605 Å². The van der Waals surface area contributed by atoms with Gasteiger partial charge in [0.25, 0.3) is 0 Å². The number of carbonyl (C=O) groups excluding carboxylic acids is 13. The summed E-state index contributed by atoms with van der Waals surface area (Å²) in [7, 11) is 1.63. The molecule has 566 valence electrons. The molecule has 38 heteroatoms. The number of aliphatic carboxylic acids is 1. The largest absolute Gasteiger partial charge is 0.508 e. The van der Waals surface area contributed by atoms with Crippen LogP contribution in [0, 0.1) is 11.3 Å². The molecule has 4 aromatic rings. The highest BCUT2D eigenvalue weighted by atomic mass is 33.1. The highest BCUT2D eigenvalue weighted by molar-refractivity contribution is 8.76. The molecular weight excluding hydrogens is 1400 g/mol. The van der Waals surface area contributed by atoms with E-state index in [-0.39, 0.29) is 69.7 Å². The predicted octanol–water partition coefficient (Wildman–Crippen LogP) is -4.42. The van der Waals surface area contributed by atoms with Crippen molar-refractivity contribution in [2.45, 2.75) is 139 Å². The smallest absolute Gasteiger partial charge is 0.303 e. The molecule has 2 heterocycles. The lowest BCUT2D eigenvalue weighted by molar-refractivity contribution is -0.138. The SMILES string of the molecule is CC(C)[C@@H]1NC(=O)[C@@H](NC(=O)[C@H](Cc2ccc(O)cc2)NC(=O)CN(CCO)C(=O)CCN)CSSC[C@H](C(N)=O)NC(=O)[C@H](CCC(=O)O)NC(=O)[C@H](Cc2c[nH]c3ccccc23)NC(=O)[C@H](CCC(N)=O)NC(=O)CCNC(=O)[C@H](CCCNC(=N)N)NC(=O)[C@H](Cc2ccc(O)cc2)NC1=O. The number of guanidine groups is 1. The number of amides is 13. The van der Waals surface area contributed by atoms with Crippen molar-refractivity contribution in [1.82, 2.24) is 68.4 Å². The standard InChI is InChI=1S/C66H92N18O18S2/c1-35(2)56-65(102)80-47(29-37-11-15-40(87)16-12-37)62(99)77-43(8-5-24-73-66(70)71)58(95)72-25-22-52(89)75-44(17-19-51(68)88)59(96)79-48(30-38-31-74-42-7-4-3-6-41(38)42)63(100)78-45(18-20-55(92)93)60(97)81-49(57(69)94)33-103-104-34-50(64(101)83-56)82-61(98)46(28-36-9-13-39(86)14-10-36)76-53(90)32-84(26-27-85)54(91)21-23-67/h3-4,6-7,9-16,31,35,43-50,56,74,85-87H,5,8,17-30,32-34,67H2,1-2H3,(H2,68,88)(H2,69,94)(H,72,95)(H,75,89)(H,76,90)(H,77,99)(H,78,100)(H,79,96)(H,80,102)(H,81,97)(H,82,98)(H,83,101)(H,92,93)(H4,70,71,73)/t43-,44-,45-,46-,47-,48-,49+,50-,56-/m0/s1. The minimum atomic E-state index is -1.76. The number of phenolic OH excluding ortho intramolecular Hbond substituents is 2. The highest BCUT2D eigenvalue weighted by Gasteiger charge is 2.37. The molecule has 13 amide bonds. The third-order valence-corrected chi connectivity index (χ3v) is 18.6. The number of carbonyl (C=O) groups is 14. The van der Waals surface area contributed by atoms with Gasteiger partial charge in [0.05, 0.1) is 13.2 Å². The molecule has 1 aromatic heterocycles. The summed E-state index contributed by atoms with van der Waals surface area (Å²) in [6.45, 7) is 1.07. The monoisotopic (exact) mass is 1490 g/mol. The summed E-state index contributed by atoms with van der Waals surface area (Å²) in [5, 5.41) is 76.3. The first-order valence-electron chi connectivity index (χ1n) is 33.3. The lowest BCUT2D eigenvalue weighted by atomic mass is 10.00. The van der Waals surface area contributed by atoms with E-state index < -0.39 is 212 Å². The topological polar surface area (TPSA) is 599 Å². The Morgan fingerprint density at radius 3 is 1.86 bits per heavy atom. The molecule has 0 radical (unpaired) electrons. The number of phenols is 2. The minimum Gasteiger partial charge on any atom is -0.508 e. The number of fused-ring (bicyclic) bond motifs is 1. The zero-order valence-corrected chi connectivity index (χ0v) is 58.9. The van der Waals surface area contributed by atoms with Gasteiger partial charge < -0.3 is 112 Å². The van der Waals surface area contributed by atoms with Crippen molar-refractivity contribution >= 4 is 121 Å². The summed E-state index contributed by atoms with van der Waals surface area (Å²) in [6, 6.07) is 3.48. The van der Waals surface area contributed by atoms with Gasteiger partial charge in [-0.3, -0.25) is 72.5 Å². The number of nitrogens with one attached hydrogen (secondary N) is 13. The molecule has 5 rings (SSSR count). The maximum Gasteiger partial charge on any atom is 0.303 e. The highest BCUT2D eigenvalue weighted by Crippen LogP contribution is 2.25. The summed E-state index contributed by atoms with van der Waals surface area (Å²) in [5.41, 5.74) is 24.3. The van der Waals surface area contributed by atoms with Crippen LogP contribution < -0.4 is 81.4 Å². The average molecular weight is 1490 g/mol. The van der Waals surface area contributed by atoms with Gasteiger partial charge in [-0.05, 0) is 78.6 Å². The van der Waals surface area contributed by atoms with Crippen LogP contribution in [0.1, 0.15) is 81.9 Å². The van der Waals surface area contributed by atoms with Crippen LogP contribution in [0.2, 0.25) is 0 Å². The molecule has 0 aliphatic carbocycles. The number of hydrogen-bond acceptors (Lipinski definition) is 21. The van der Waals surface area contributed by atoms with Crippen LogP contribution in [0.5, 0.6) is 11.5 Å². The lowest BCUT2D eigenvalue weighted by Gasteiger charge is -2.29. The third kappa shape index (κ3) is 28.6. The number of nitrogens with two attached hydrogens (primary N) is 4. The molecule has 36 nitrogen and oxygen atoms in total. The number of carboxylic acid groups (broad SMARTS) is 1. The van der Waals surface area contributed by atoms with E-state index in [4.69, 9.17) is 28.3 Å². The molecule has 1 aliphatic rings. The first-order chi connectivity index (χ1) is 49.4. The van der Waals surface area contributed by atoms with E-state index in [0.717, 1.165) is 26.5 Å². The Morgan fingerprint density at radius 1 is 0.663 bits per heavy atom. The maximum atomic E-state index is 15.0. The summed E-state index contributed by atoms with van der Waals surface area (Å²) >= 11 is 0. The van der Waals surface area contributed by atoms with E-state index in [1.165, 1.54) is 62.4 Å². The number of H-pyrrole nitrogens is 1. The number of aromatic amines is 1. The number of aliphatic hydroxyl groups excluding tert-OH is 1. The zero-order chi connectivity index (χ0) is 76.6. The summed E-state index contributed by atoms with van der Waals surface area (Å²) in [4.78, 5) is 199. The molecule has 104 heavy (non-hydrogen) atoms. The first-order valence-corrected chi connectivity index (χ1v) is 35.7. The predicted molar refractivity (Wildman–Crippen MR) is 381 cm³/mol. The van der Waals surface area contributed by atoms with Gasteiger partial charge in [0.2, 0.25) is 76.8 Å². The number of aromatic nitrogens is 1. The van der Waals surface area contributed by atoms with Crippen LogP contribution >= 0.6 is 21.6 Å². The molecule has 1 saturated heterocycles. The van der Waals surface area contributed by atoms with E-state index in [9.17, 15) is 87.5 Å². The normalized spacial score (nSPS) is 20.6. The average Bonchev–Trinajstić information content (AvgIpc) is 1.62. The van der Waals surface area contributed by atoms with Gasteiger partial charge in [-0.15, -0.1) is 0 Å². The van der Waals surface area contributed by atoms with Crippen LogP contribution in [-0.2, 0) is 86.4 Å². The van der Waals surface area contributed by atoms with Crippen molar-refractivity contribution < 1.29 is 87.5 Å². The first kappa shape index (κ1) is 83.9. The van der Waals surface area contributed by atoms with E-state index in [2.05, 4.69) is 63.5 Å².